The molecule has 0 aliphatic carbocycles. The number of H-pyrrole nitrogens is 1. The molecule has 3 heteroatoms. The minimum absolute atomic E-state index is 0.0538. The molecule has 3 nitrogen and oxygen atoms in total. The molecule has 0 spiro atoms. The van der Waals surface area contributed by atoms with E-state index in [-0.39, 0.29) is 5.78 Å². The highest BCUT2D eigenvalue weighted by Gasteiger charge is 2.08. The van der Waals surface area contributed by atoms with Crippen molar-refractivity contribution in [1.82, 2.24) is 9.97 Å². The van der Waals surface area contributed by atoms with Crippen molar-refractivity contribution in [1.29, 1.82) is 0 Å². The van der Waals surface area contributed by atoms with E-state index in [1.165, 1.54) is 0 Å². The van der Waals surface area contributed by atoms with Gasteiger partial charge in [-0.2, -0.15) is 0 Å². The summed E-state index contributed by atoms with van der Waals surface area (Å²) in [5.41, 5.74) is 1.11. The zero-order valence-electron chi connectivity index (χ0n) is 6.90. The number of ketones is 1. The van der Waals surface area contributed by atoms with Crippen LogP contribution in [-0.4, -0.2) is 15.8 Å². The number of hydrogen-bond acceptors (Lipinski definition) is 2. The molecule has 1 N–H and O–H groups in total. The van der Waals surface area contributed by atoms with Gasteiger partial charge in [0, 0.05) is 24.2 Å². The number of carbonyl (C=O) groups excluding carboxylic acids is 1. The summed E-state index contributed by atoms with van der Waals surface area (Å²) in [4.78, 5) is 18.4. The summed E-state index contributed by atoms with van der Waals surface area (Å²) in [6.07, 6.45) is 4.99. The van der Waals surface area contributed by atoms with Crippen LogP contribution >= 0.6 is 0 Å². The summed E-state index contributed by atoms with van der Waals surface area (Å²) < 4.78 is 0. The van der Waals surface area contributed by atoms with Gasteiger partial charge in [0.25, 0.3) is 0 Å². The van der Waals surface area contributed by atoms with Gasteiger partial charge in [-0.3, -0.25) is 9.78 Å². The maximum Gasteiger partial charge on any atom is 0.212 e. The topological polar surface area (TPSA) is 45.8 Å². The Bertz CT molecular complexity index is 392. The van der Waals surface area contributed by atoms with Crippen molar-refractivity contribution in [2.75, 3.05) is 0 Å². The molecule has 0 atom stereocenters. The Labute approximate surface area is 75.4 Å². The maximum absolute atomic E-state index is 11.6. The van der Waals surface area contributed by atoms with Crippen LogP contribution in [0.15, 0.2) is 42.9 Å². The molecule has 0 radical (unpaired) electrons. The lowest BCUT2D eigenvalue weighted by Gasteiger charge is -1.94. The summed E-state index contributed by atoms with van der Waals surface area (Å²) in [7, 11) is 0. The first-order valence-electron chi connectivity index (χ1n) is 3.96. The van der Waals surface area contributed by atoms with E-state index in [0.717, 1.165) is 0 Å². The summed E-state index contributed by atoms with van der Waals surface area (Å²) in [5, 5.41) is 0. The smallest absolute Gasteiger partial charge is 0.212 e. The van der Waals surface area contributed by atoms with Gasteiger partial charge in [0.15, 0.2) is 0 Å². The number of aromatic amines is 1. The second-order valence-electron chi connectivity index (χ2n) is 2.64. The van der Waals surface area contributed by atoms with Crippen molar-refractivity contribution >= 4 is 5.78 Å². The highest BCUT2D eigenvalue weighted by atomic mass is 16.1. The summed E-state index contributed by atoms with van der Waals surface area (Å²) in [6, 6.07) is 7.02. The predicted octanol–water partition coefficient (Wildman–Crippen LogP) is 1.64. The molecular weight excluding hydrogens is 164 g/mol. The lowest BCUT2D eigenvalue weighted by molar-refractivity contribution is 0.103. The van der Waals surface area contributed by atoms with Crippen LogP contribution in [0.25, 0.3) is 0 Å². The van der Waals surface area contributed by atoms with Crippen molar-refractivity contribution in [2.24, 2.45) is 0 Å². The molecule has 2 aromatic heterocycles. The van der Waals surface area contributed by atoms with Crippen LogP contribution in [-0.2, 0) is 0 Å². The molecular formula is C10H8N2O. The van der Waals surface area contributed by atoms with E-state index < -0.39 is 0 Å². The molecule has 0 amide bonds. The number of carbonyl (C=O) groups is 1. The fraction of sp³-hybridized carbons (Fsp3) is 0. The van der Waals surface area contributed by atoms with E-state index in [0.29, 0.717) is 11.3 Å². The van der Waals surface area contributed by atoms with E-state index >= 15 is 0 Å². The standard InChI is InChI=1S/C10H8N2O/c13-10(8-4-6-11-7-8)9-3-1-2-5-12-9/h1-7,11H. The minimum atomic E-state index is -0.0538. The van der Waals surface area contributed by atoms with Gasteiger partial charge in [-0.15, -0.1) is 0 Å². The number of pyridine rings is 1. The summed E-state index contributed by atoms with van der Waals surface area (Å²) in [6.45, 7) is 0. The van der Waals surface area contributed by atoms with Crippen LogP contribution in [0.1, 0.15) is 16.1 Å². The van der Waals surface area contributed by atoms with E-state index in [1.54, 1.807) is 42.9 Å². The number of rotatable bonds is 2. The fourth-order valence-electron chi connectivity index (χ4n) is 1.11. The number of nitrogens with one attached hydrogen (secondary N) is 1. The van der Waals surface area contributed by atoms with Crippen LogP contribution in [0.4, 0.5) is 0 Å². The number of aromatic nitrogens is 2. The van der Waals surface area contributed by atoms with Gasteiger partial charge >= 0.3 is 0 Å². The van der Waals surface area contributed by atoms with Crippen LogP contribution in [0.2, 0.25) is 0 Å². The van der Waals surface area contributed by atoms with Crippen LogP contribution in [0.3, 0.4) is 0 Å². The molecule has 13 heavy (non-hydrogen) atoms. The Kier molecular flexibility index (Phi) is 1.92. The quantitative estimate of drug-likeness (QED) is 0.700. The monoisotopic (exact) mass is 172 g/mol. The zero-order chi connectivity index (χ0) is 9.10. The van der Waals surface area contributed by atoms with Crippen molar-refractivity contribution in [2.45, 2.75) is 0 Å². The first-order chi connectivity index (χ1) is 6.38. The van der Waals surface area contributed by atoms with Gasteiger partial charge in [0.05, 0.1) is 0 Å². The molecule has 0 saturated heterocycles. The fourth-order valence-corrected chi connectivity index (χ4v) is 1.11. The predicted molar refractivity (Wildman–Crippen MR) is 48.5 cm³/mol. The van der Waals surface area contributed by atoms with Crippen molar-refractivity contribution < 1.29 is 4.79 Å². The molecule has 2 heterocycles. The second kappa shape index (κ2) is 3.23. The minimum Gasteiger partial charge on any atom is -0.367 e. The van der Waals surface area contributed by atoms with Crippen LogP contribution in [0, 0.1) is 0 Å². The third kappa shape index (κ3) is 1.49. The van der Waals surface area contributed by atoms with Crippen LogP contribution in [0.5, 0.6) is 0 Å². The average molecular weight is 172 g/mol. The van der Waals surface area contributed by atoms with Crippen LogP contribution < -0.4 is 0 Å². The Morgan fingerprint density at radius 3 is 2.85 bits per heavy atom. The van der Waals surface area contributed by atoms with E-state index in [9.17, 15) is 4.79 Å². The lowest BCUT2D eigenvalue weighted by Crippen LogP contribution is -2.01. The van der Waals surface area contributed by atoms with E-state index in [4.69, 9.17) is 0 Å². The Balaban J connectivity index is 2.34. The molecule has 0 unspecified atom stereocenters. The Morgan fingerprint density at radius 1 is 1.31 bits per heavy atom. The molecule has 0 fully saturated rings. The molecule has 2 rings (SSSR count). The van der Waals surface area contributed by atoms with Gasteiger partial charge in [0.2, 0.25) is 5.78 Å². The van der Waals surface area contributed by atoms with Gasteiger partial charge in [-0.1, -0.05) is 6.07 Å². The van der Waals surface area contributed by atoms with Crippen molar-refractivity contribution in [3.63, 3.8) is 0 Å². The first-order valence-corrected chi connectivity index (χ1v) is 3.96. The summed E-state index contributed by atoms with van der Waals surface area (Å²) in [5.74, 6) is -0.0538. The third-order valence-corrected chi connectivity index (χ3v) is 1.76. The molecule has 0 saturated carbocycles. The van der Waals surface area contributed by atoms with Gasteiger partial charge in [-0.25, -0.2) is 0 Å². The zero-order valence-corrected chi connectivity index (χ0v) is 6.90. The molecule has 0 aliphatic rings. The molecule has 0 aliphatic heterocycles. The second-order valence-corrected chi connectivity index (χ2v) is 2.64. The maximum atomic E-state index is 11.6. The number of hydrogen-bond donors (Lipinski definition) is 1. The molecule has 64 valence electrons. The van der Waals surface area contributed by atoms with Crippen molar-refractivity contribution in [3.05, 3.63) is 54.1 Å². The Hall–Kier alpha value is -1.90. The van der Waals surface area contributed by atoms with Crippen molar-refractivity contribution in [3.8, 4) is 0 Å². The van der Waals surface area contributed by atoms with Gasteiger partial charge < -0.3 is 4.98 Å². The highest BCUT2D eigenvalue weighted by Crippen LogP contribution is 2.05. The Morgan fingerprint density at radius 2 is 2.23 bits per heavy atom. The van der Waals surface area contributed by atoms with E-state index in [1.807, 2.05) is 0 Å². The van der Waals surface area contributed by atoms with Gasteiger partial charge in [-0.05, 0) is 18.2 Å². The highest BCUT2D eigenvalue weighted by molar-refractivity contribution is 6.07. The SMILES string of the molecule is O=C(c1cc[nH]c1)c1ccccn1. The van der Waals surface area contributed by atoms with Gasteiger partial charge in [0.1, 0.15) is 5.69 Å². The summed E-state index contributed by atoms with van der Waals surface area (Å²) >= 11 is 0. The first kappa shape index (κ1) is 7.73. The average Bonchev–Trinajstić information content (AvgIpc) is 2.71. The number of nitrogens with zero attached hydrogens (tertiary/aromatic N) is 1. The third-order valence-electron chi connectivity index (χ3n) is 1.76. The largest absolute Gasteiger partial charge is 0.367 e. The van der Waals surface area contributed by atoms with E-state index in [2.05, 4.69) is 9.97 Å². The molecule has 2 aromatic rings. The molecule has 0 bridgehead atoms. The molecule has 0 aromatic carbocycles. The normalized spacial score (nSPS) is 9.85. The lowest BCUT2D eigenvalue weighted by atomic mass is 10.1.